The number of carbonyl (C=O) groups is 1. The summed E-state index contributed by atoms with van der Waals surface area (Å²) in [5.41, 5.74) is 1.05. The molecule has 6 nitrogen and oxygen atoms in total. The Kier molecular flexibility index (Phi) is 8.51. The Labute approximate surface area is 123 Å². The van der Waals surface area contributed by atoms with Crippen molar-refractivity contribution in [1.29, 1.82) is 0 Å². The van der Waals surface area contributed by atoms with Gasteiger partial charge < -0.3 is 19.8 Å². The van der Waals surface area contributed by atoms with Gasteiger partial charge in [-0.25, -0.2) is 4.79 Å². The maximum Gasteiger partial charge on any atom is 0.327 e. The Morgan fingerprint density at radius 3 is 2.76 bits per heavy atom. The molecule has 0 aromatic heterocycles. The summed E-state index contributed by atoms with van der Waals surface area (Å²) in [6.45, 7) is 0.909. The first-order valence-corrected chi connectivity index (χ1v) is 6.51. The van der Waals surface area contributed by atoms with Crippen molar-refractivity contribution in [3.05, 3.63) is 48.0 Å². The van der Waals surface area contributed by atoms with Crippen LogP contribution in [-0.2, 0) is 20.9 Å². The zero-order valence-corrected chi connectivity index (χ0v) is 11.6. The summed E-state index contributed by atoms with van der Waals surface area (Å²) in [6, 6.07) is 9.71. The molecule has 21 heavy (non-hydrogen) atoms. The zero-order chi connectivity index (χ0) is 15.3. The van der Waals surface area contributed by atoms with Gasteiger partial charge >= 0.3 is 5.97 Å². The maximum absolute atomic E-state index is 10.4. The van der Waals surface area contributed by atoms with E-state index >= 15 is 0 Å². The van der Waals surface area contributed by atoms with Gasteiger partial charge in [-0.15, -0.1) is 0 Å². The van der Waals surface area contributed by atoms with E-state index in [1.54, 1.807) is 0 Å². The molecule has 114 valence electrons. The van der Waals surface area contributed by atoms with Crippen LogP contribution in [0.25, 0.3) is 0 Å². The van der Waals surface area contributed by atoms with Crippen molar-refractivity contribution in [2.45, 2.75) is 19.1 Å². The second kappa shape index (κ2) is 10.6. The highest BCUT2D eigenvalue weighted by molar-refractivity contribution is 5.79. The van der Waals surface area contributed by atoms with E-state index in [0.29, 0.717) is 19.6 Å². The molecule has 0 saturated heterocycles. The third kappa shape index (κ3) is 8.56. The van der Waals surface area contributed by atoms with Gasteiger partial charge in [-0.3, -0.25) is 0 Å². The number of oxime groups is 1. The summed E-state index contributed by atoms with van der Waals surface area (Å²) in [7, 11) is 0. The van der Waals surface area contributed by atoms with Crippen molar-refractivity contribution < 1.29 is 24.6 Å². The Morgan fingerprint density at radius 1 is 1.33 bits per heavy atom. The summed E-state index contributed by atoms with van der Waals surface area (Å²) in [4.78, 5) is 10.4. The van der Waals surface area contributed by atoms with Gasteiger partial charge in [0.15, 0.2) is 0 Å². The van der Waals surface area contributed by atoms with Gasteiger partial charge in [0.1, 0.15) is 0 Å². The lowest BCUT2D eigenvalue weighted by Crippen LogP contribution is -2.20. The maximum atomic E-state index is 10.4. The molecule has 0 aliphatic carbocycles. The monoisotopic (exact) mass is 293 g/mol. The molecule has 0 heterocycles. The molecule has 2 N–H and O–H groups in total. The molecule has 1 aromatic carbocycles. The highest BCUT2D eigenvalue weighted by Crippen LogP contribution is 2.05. The predicted molar refractivity (Wildman–Crippen MR) is 77.5 cm³/mol. The quantitative estimate of drug-likeness (QED) is 0.298. The van der Waals surface area contributed by atoms with E-state index in [0.717, 1.165) is 11.6 Å². The highest BCUT2D eigenvalue weighted by atomic mass is 16.5. The largest absolute Gasteiger partial charge is 0.478 e. The van der Waals surface area contributed by atoms with E-state index in [-0.39, 0.29) is 12.7 Å². The molecule has 0 saturated carbocycles. The average Bonchev–Trinajstić information content (AvgIpc) is 2.48. The van der Waals surface area contributed by atoms with Crippen LogP contribution >= 0.6 is 0 Å². The van der Waals surface area contributed by atoms with Crippen molar-refractivity contribution in [1.82, 2.24) is 0 Å². The molecular weight excluding hydrogens is 274 g/mol. The van der Waals surface area contributed by atoms with Crippen molar-refractivity contribution in [2.24, 2.45) is 5.16 Å². The minimum Gasteiger partial charge on any atom is -0.478 e. The van der Waals surface area contributed by atoms with Gasteiger partial charge in [-0.1, -0.05) is 41.6 Å². The van der Waals surface area contributed by atoms with Crippen molar-refractivity contribution in [3.8, 4) is 0 Å². The molecule has 6 heteroatoms. The third-order valence-corrected chi connectivity index (χ3v) is 2.56. The Bertz CT molecular complexity index is 458. The van der Waals surface area contributed by atoms with Crippen molar-refractivity contribution >= 4 is 12.2 Å². The second-order valence-electron chi connectivity index (χ2n) is 4.23. The number of nitrogens with zero attached hydrogens (tertiary/aromatic N) is 1. The molecule has 0 spiro atoms. The van der Waals surface area contributed by atoms with Gasteiger partial charge in [0, 0.05) is 6.08 Å². The Hall–Kier alpha value is -2.18. The lowest BCUT2D eigenvalue weighted by Gasteiger charge is -2.15. The number of carboxylic acid groups (broad SMARTS) is 1. The van der Waals surface area contributed by atoms with Gasteiger partial charge in [0.2, 0.25) is 0 Å². The minimum atomic E-state index is -1.00. The molecule has 0 unspecified atom stereocenters. The Balaban J connectivity index is 2.37. The number of hydrogen-bond acceptors (Lipinski definition) is 5. The fourth-order valence-corrected chi connectivity index (χ4v) is 1.60. The van der Waals surface area contributed by atoms with Crippen LogP contribution < -0.4 is 0 Å². The fourth-order valence-electron chi connectivity index (χ4n) is 1.60. The zero-order valence-electron chi connectivity index (χ0n) is 11.6. The number of ether oxygens (including phenoxy) is 2. The standard InChI is InChI=1S/C15H19NO5/c17-15(18)8-4-7-14(21-10-9-16-19)12-20-11-13-5-2-1-3-6-13/h1-6,8-9,14,19H,7,10-12H2,(H,17,18)/b8-4+,16-9+/t14-/m1/s1. The van der Waals surface area contributed by atoms with E-state index in [9.17, 15) is 4.79 Å². The third-order valence-electron chi connectivity index (χ3n) is 2.56. The number of hydrogen-bond donors (Lipinski definition) is 2. The van der Waals surface area contributed by atoms with Gasteiger partial charge in [0.05, 0.1) is 32.1 Å². The predicted octanol–water partition coefficient (Wildman–Crippen LogP) is 2.08. The molecule has 0 aliphatic rings. The number of rotatable bonds is 10. The van der Waals surface area contributed by atoms with Crippen molar-refractivity contribution in [2.75, 3.05) is 13.2 Å². The van der Waals surface area contributed by atoms with Crippen molar-refractivity contribution in [3.63, 3.8) is 0 Å². The first-order valence-electron chi connectivity index (χ1n) is 6.51. The van der Waals surface area contributed by atoms with E-state index in [4.69, 9.17) is 19.8 Å². The van der Waals surface area contributed by atoms with Crippen LogP contribution in [0.4, 0.5) is 0 Å². The first kappa shape index (κ1) is 16.9. The number of aliphatic carboxylic acids is 1. The lowest BCUT2D eigenvalue weighted by atomic mass is 10.2. The molecule has 1 rings (SSSR count). The highest BCUT2D eigenvalue weighted by Gasteiger charge is 2.08. The van der Waals surface area contributed by atoms with Crippen LogP contribution in [-0.4, -0.2) is 41.8 Å². The normalized spacial score (nSPS) is 13.0. The second-order valence-corrected chi connectivity index (χ2v) is 4.23. The molecule has 1 atom stereocenters. The van der Waals surface area contributed by atoms with E-state index in [1.807, 2.05) is 30.3 Å². The molecule has 1 aromatic rings. The van der Waals surface area contributed by atoms with E-state index < -0.39 is 5.97 Å². The van der Waals surface area contributed by atoms with Crippen LogP contribution in [0.5, 0.6) is 0 Å². The van der Waals surface area contributed by atoms with E-state index in [2.05, 4.69) is 5.16 Å². The fraction of sp³-hybridized carbons (Fsp3) is 0.333. The molecule has 0 amide bonds. The summed E-state index contributed by atoms with van der Waals surface area (Å²) in [6.07, 6.45) is 3.89. The number of benzene rings is 1. The van der Waals surface area contributed by atoms with Gasteiger partial charge in [-0.05, 0) is 12.0 Å². The Morgan fingerprint density at radius 2 is 2.10 bits per heavy atom. The molecule has 0 aliphatic heterocycles. The summed E-state index contributed by atoms with van der Waals surface area (Å²) >= 11 is 0. The van der Waals surface area contributed by atoms with Gasteiger partial charge in [0.25, 0.3) is 0 Å². The smallest absolute Gasteiger partial charge is 0.327 e. The molecule has 0 bridgehead atoms. The number of carboxylic acids is 1. The van der Waals surface area contributed by atoms with E-state index in [1.165, 1.54) is 12.3 Å². The van der Waals surface area contributed by atoms with Crippen LogP contribution in [0.3, 0.4) is 0 Å². The first-order chi connectivity index (χ1) is 10.2. The molecule has 0 fully saturated rings. The molecular formula is C15H19NO5. The van der Waals surface area contributed by atoms with Gasteiger partial charge in [-0.2, -0.15) is 0 Å². The van der Waals surface area contributed by atoms with Crippen LogP contribution in [0.2, 0.25) is 0 Å². The average molecular weight is 293 g/mol. The molecule has 0 radical (unpaired) electrons. The summed E-state index contributed by atoms with van der Waals surface area (Å²) in [5, 5.41) is 19.7. The van der Waals surface area contributed by atoms with Crippen LogP contribution in [0.15, 0.2) is 47.6 Å². The topological polar surface area (TPSA) is 88.4 Å². The minimum absolute atomic E-state index is 0.136. The van der Waals surface area contributed by atoms with Crippen LogP contribution in [0.1, 0.15) is 12.0 Å². The van der Waals surface area contributed by atoms with Crippen LogP contribution in [0, 0.1) is 0 Å². The lowest BCUT2D eigenvalue weighted by molar-refractivity contribution is -0.131. The summed E-state index contributed by atoms with van der Waals surface area (Å²) in [5.74, 6) is -1.00. The summed E-state index contributed by atoms with van der Waals surface area (Å²) < 4.78 is 11.0. The SMILES string of the molecule is O=C(O)/C=C/C[C@H](COCc1ccccc1)OC/C=N/O.